The molecule has 0 aliphatic heterocycles. The van der Waals surface area contributed by atoms with Gasteiger partial charge < -0.3 is 9.47 Å². The lowest BCUT2D eigenvalue weighted by atomic mass is 9.78. The number of hydrogen-bond acceptors (Lipinski definition) is 4. The van der Waals surface area contributed by atoms with Crippen LogP contribution in [0, 0.1) is 11.8 Å². The highest BCUT2D eigenvalue weighted by Gasteiger charge is 2.26. The molecule has 1 fully saturated rings. The number of carbonyl (C=O) groups excluding carboxylic acids is 2. The van der Waals surface area contributed by atoms with E-state index in [0.717, 1.165) is 51.4 Å². The number of hydrogen-bond donors (Lipinski definition) is 0. The van der Waals surface area contributed by atoms with Crippen molar-refractivity contribution in [1.82, 2.24) is 0 Å². The molecule has 1 rings (SSSR count). The van der Waals surface area contributed by atoms with Gasteiger partial charge in [0.2, 0.25) is 0 Å². The summed E-state index contributed by atoms with van der Waals surface area (Å²) in [5.74, 6) is 0.624. The van der Waals surface area contributed by atoms with E-state index in [-0.39, 0.29) is 11.9 Å². The first-order valence-corrected chi connectivity index (χ1v) is 13.0. The first-order valence-electron chi connectivity index (χ1n) is 13.0. The zero-order valence-electron chi connectivity index (χ0n) is 19.9. The van der Waals surface area contributed by atoms with Crippen molar-refractivity contribution >= 4 is 11.9 Å². The second-order valence-electron chi connectivity index (χ2n) is 9.28. The standard InChI is InChI=1S/C26H48O4/c1-3-5-7-9-11-13-18-29-25(27)21-23-16-15-17-24(20-23)22-26(28)30-19-14-12-10-8-6-4-2/h23-24H,3-22H2,1-2H3/t23-,24+. The molecule has 0 spiro atoms. The summed E-state index contributed by atoms with van der Waals surface area (Å²) in [6, 6.07) is 0. The molecule has 0 heterocycles. The molecule has 0 aromatic rings. The second-order valence-corrected chi connectivity index (χ2v) is 9.28. The molecule has 2 atom stereocenters. The Labute approximate surface area is 185 Å². The van der Waals surface area contributed by atoms with E-state index >= 15 is 0 Å². The van der Waals surface area contributed by atoms with Crippen LogP contribution in [-0.4, -0.2) is 25.2 Å². The topological polar surface area (TPSA) is 52.6 Å². The van der Waals surface area contributed by atoms with Crippen molar-refractivity contribution in [2.45, 2.75) is 129 Å². The van der Waals surface area contributed by atoms with Crippen LogP contribution in [0.1, 0.15) is 129 Å². The fourth-order valence-corrected chi connectivity index (χ4v) is 4.50. The van der Waals surface area contributed by atoms with E-state index in [2.05, 4.69) is 13.8 Å². The predicted octanol–water partition coefficient (Wildman–Crippen LogP) is 7.38. The fraction of sp³-hybridized carbons (Fsp3) is 0.923. The summed E-state index contributed by atoms with van der Waals surface area (Å²) in [7, 11) is 0. The van der Waals surface area contributed by atoms with Crippen LogP contribution in [0.3, 0.4) is 0 Å². The van der Waals surface area contributed by atoms with Crippen molar-refractivity contribution in [3.05, 3.63) is 0 Å². The van der Waals surface area contributed by atoms with Gasteiger partial charge in [0.1, 0.15) is 0 Å². The molecule has 4 heteroatoms. The molecule has 0 N–H and O–H groups in total. The molecule has 0 aromatic carbocycles. The van der Waals surface area contributed by atoms with Gasteiger partial charge in [0.15, 0.2) is 0 Å². The van der Waals surface area contributed by atoms with Crippen molar-refractivity contribution in [3.8, 4) is 0 Å². The Morgan fingerprint density at radius 1 is 0.633 bits per heavy atom. The number of ether oxygens (including phenoxy) is 2. The summed E-state index contributed by atoms with van der Waals surface area (Å²) in [4.78, 5) is 24.3. The van der Waals surface area contributed by atoms with Crippen LogP contribution < -0.4 is 0 Å². The Morgan fingerprint density at radius 3 is 1.47 bits per heavy atom. The summed E-state index contributed by atoms with van der Waals surface area (Å²) in [5.41, 5.74) is 0. The predicted molar refractivity (Wildman–Crippen MR) is 123 cm³/mol. The highest BCUT2D eigenvalue weighted by atomic mass is 16.5. The van der Waals surface area contributed by atoms with E-state index in [1.807, 2.05) is 0 Å². The molecule has 0 bridgehead atoms. The van der Waals surface area contributed by atoms with Gasteiger partial charge in [0.05, 0.1) is 13.2 Å². The van der Waals surface area contributed by atoms with Gasteiger partial charge in [-0.2, -0.15) is 0 Å². The van der Waals surface area contributed by atoms with Gasteiger partial charge in [-0.3, -0.25) is 9.59 Å². The van der Waals surface area contributed by atoms with E-state index in [1.54, 1.807) is 0 Å². The fourth-order valence-electron chi connectivity index (χ4n) is 4.50. The van der Waals surface area contributed by atoms with Gasteiger partial charge in [-0.15, -0.1) is 0 Å². The van der Waals surface area contributed by atoms with E-state index < -0.39 is 0 Å². The van der Waals surface area contributed by atoms with Crippen LogP contribution in [0.5, 0.6) is 0 Å². The molecule has 0 aromatic heterocycles. The number of carbonyl (C=O) groups is 2. The lowest BCUT2D eigenvalue weighted by Crippen LogP contribution is -2.22. The highest BCUT2D eigenvalue weighted by Crippen LogP contribution is 2.33. The van der Waals surface area contributed by atoms with Gasteiger partial charge in [0.25, 0.3) is 0 Å². The van der Waals surface area contributed by atoms with Crippen molar-refractivity contribution < 1.29 is 19.1 Å². The van der Waals surface area contributed by atoms with Gasteiger partial charge in [0, 0.05) is 12.8 Å². The van der Waals surface area contributed by atoms with Gasteiger partial charge in [-0.05, 0) is 43.9 Å². The molecule has 1 saturated carbocycles. The SMILES string of the molecule is CCCCCCCCOC(=O)C[C@H]1CCC[C@@H](CC(=O)OCCCCCCCC)C1. The van der Waals surface area contributed by atoms with Crippen LogP contribution in [0.4, 0.5) is 0 Å². The lowest BCUT2D eigenvalue weighted by molar-refractivity contribution is -0.145. The summed E-state index contributed by atoms with van der Waals surface area (Å²) in [6.45, 7) is 5.56. The Kier molecular flexibility index (Phi) is 16.8. The minimum Gasteiger partial charge on any atom is -0.466 e. The minimum absolute atomic E-state index is 0.0557. The van der Waals surface area contributed by atoms with Gasteiger partial charge >= 0.3 is 11.9 Å². The van der Waals surface area contributed by atoms with Crippen LogP contribution >= 0.6 is 0 Å². The molecule has 0 unspecified atom stereocenters. The normalized spacial score (nSPS) is 18.9. The van der Waals surface area contributed by atoms with Crippen LogP contribution in [0.25, 0.3) is 0 Å². The van der Waals surface area contributed by atoms with Gasteiger partial charge in [-0.1, -0.05) is 84.5 Å². The van der Waals surface area contributed by atoms with Crippen molar-refractivity contribution in [2.75, 3.05) is 13.2 Å². The Morgan fingerprint density at radius 2 is 1.03 bits per heavy atom. The maximum Gasteiger partial charge on any atom is 0.306 e. The monoisotopic (exact) mass is 424 g/mol. The minimum atomic E-state index is -0.0557. The largest absolute Gasteiger partial charge is 0.466 e. The zero-order chi connectivity index (χ0) is 21.9. The van der Waals surface area contributed by atoms with Crippen molar-refractivity contribution in [2.24, 2.45) is 11.8 Å². The molecule has 0 amide bonds. The van der Waals surface area contributed by atoms with Crippen molar-refractivity contribution in [3.63, 3.8) is 0 Å². The Balaban J connectivity index is 2.07. The maximum atomic E-state index is 12.1. The average molecular weight is 425 g/mol. The highest BCUT2D eigenvalue weighted by molar-refractivity contribution is 5.70. The zero-order valence-corrected chi connectivity index (χ0v) is 19.9. The molecule has 0 saturated heterocycles. The maximum absolute atomic E-state index is 12.1. The molecule has 0 radical (unpaired) electrons. The van der Waals surface area contributed by atoms with E-state index in [4.69, 9.17) is 9.47 Å². The van der Waals surface area contributed by atoms with E-state index in [0.29, 0.717) is 37.9 Å². The quantitative estimate of drug-likeness (QED) is 0.170. The summed E-state index contributed by atoms with van der Waals surface area (Å²) in [6.07, 6.45) is 19.7. The second kappa shape index (κ2) is 18.7. The number of unbranched alkanes of at least 4 members (excludes halogenated alkanes) is 10. The van der Waals surface area contributed by atoms with Crippen molar-refractivity contribution in [1.29, 1.82) is 0 Å². The molecule has 30 heavy (non-hydrogen) atoms. The third-order valence-electron chi connectivity index (χ3n) is 6.32. The molecule has 1 aliphatic carbocycles. The Hall–Kier alpha value is -1.06. The average Bonchev–Trinajstić information content (AvgIpc) is 2.72. The third-order valence-corrected chi connectivity index (χ3v) is 6.32. The molecule has 176 valence electrons. The first-order chi connectivity index (χ1) is 14.7. The van der Waals surface area contributed by atoms with Crippen LogP contribution in [0.2, 0.25) is 0 Å². The molecular weight excluding hydrogens is 376 g/mol. The van der Waals surface area contributed by atoms with E-state index in [9.17, 15) is 9.59 Å². The molecule has 1 aliphatic rings. The van der Waals surface area contributed by atoms with Crippen LogP contribution in [-0.2, 0) is 19.1 Å². The number of esters is 2. The molecular formula is C26H48O4. The summed E-state index contributed by atoms with van der Waals surface area (Å²) >= 11 is 0. The Bertz CT molecular complexity index is 397. The van der Waals surface area contributed by atoms with E-state index in [1.165, 1.54) is 51.4 Å². The van der Waals surface area contributed by atoms with Gasteiger partial charge in [-0.25, -0.2) is 0 Å². The summed E-state index contributed by atoms with van der Waals surface area (Å²) in [5, 5.41) is 0. The lowest BCUT2D eigenvalue weighted by Gasteiger charge is -2.28. The molecule has 4 nitrogen and oxygen atoms in total. The third kappa shape index (κ3) is 14.8. The number of rotatable bonds is 18. The van der Waals surface area contributed by atoms with Crippen LogP contribution in [0.15, 0.2) is 0 Å². The summed E-state index contributed by atoms with van der Waals surface area (Å²) < 4.78 is 10.9. The smallest absolute Gasteiger partial charge is 0.306 e. The first kappa shape index (κ1) is 27.0.